The number of carbonyl (C=O) groups excluding carboxylic acids is 1. The average Bonchev–Trinajstić information content (AvgIpc) is 2.41. The van der Waals surface area contributed by atoms with E-state index in [0.29, 0.717) is 13.0 Å². The van der Waals surface area contributed by atoms with E-state index in [1.165, 1.54) is 6.42 Å². The lowest BCUT2D eigenvalue weighted by atomic mass is 9.98. The van der Waals surface area contributed by atoms with E-state index in [-0.39, 0.29) is 12.0 Å². The maximum atomic E-state index is 11.5. The summed E-state index contributed by atoms with van der Waals surface area (Å²) in [5, 5.41) is 2.76. The van der Waals surface area contributed by atoms with Crippen LogP contribution in [0.25, 0.3) is 0 Å². The number of methoxy groups -OCH3 is 1. The van der Waals surface area contributed by atoms with Crippen molar-refractivity contribution in [3.8, 4) is 0 Å². The van der Waals surface area contributed by atoms with Gasteiger partial charge < -0.3 is 10.1 Å². The molecule has 1 heterocycles. The van der Waals surface area contributed by atoms with Crippen LogP contribution in [0.1, 0.15) is 58.8 Å². The minimum atomic E-state index is -0.618. The van der Waals surface area contributed by atoms with Gasteiger partial charge in [-0.25, -0.2) is 9.78 Å². The molecule has 0 spiro atoms. The molecule has 1 fully saturated rings. The summed E-state index contributed by atoms with van der Waals surface area (Å²) < 4.78 is 5.48. The second-order valence-corrected chi connectivity index (χ2v) is 5.07. The van der Waals surface area contributed by atoms with Gasteiger partial charge in [0.15, 0.2) is 0 Å². The van der Waals surface area contributed by atoms with E-state index in [9.17, 15) is 4.79 Å². The molecule has 2 unspecified atom stereocenters. The molecule has 0 aromatic rings. The maximum absolute atomic E-state index is 11.5. The molecule has 1 saturated heterocycles. The molecule has 5 heteroatoms. The van der Waals surface area contributed by atoms with Crippen LogP contribution in [0, 0.1) is 0 Å². The highest BCUT2D eigenvalue weighted by Crippen LogP contribution is 2.33. The van der Waals surface area contributed by atoms with Crippen molar-refractivity contribution in [3.05, 3.63) is 0 Å². The normalized spacial score (nSPS) is 27.2. The molecule has 112 valence electrons. The largest absolute Gasteiger partial charge is 0.356 e. The van der Waals surface area contributed by atoms with Crippen LogP contribution in [0.3, 0.4) is 0 Å². The van der Waals surface area contributed by atoms with Crippen LogP contribution in [0.5, 0.6) is 0 Å². The summed E-state index contributed by atoms with van der Waals surface area (Å²) in [6.07, 6.45) is 5.98. The first-order valence-electron chi connectivity index (χ1n) is 7.32. The van der Waals surface area contributed by atoms with E-state index >= 15 is 0 Å². The zero-order valence-corrected chi connectivity index (χ0v) is 12.4. The van der Waals surface area contributed by atoms with Crippen LogP contribution in [0.4, 0.5) is 0 Å². The van der Waals surface area contributed by atoms with Gasteiger partial charge in [-0.1, -0.05) is 19.8 Å². The number of ether oxygens (including phenoxy) is 1. The van der Waals surface area contributed by atoms with Crippen molar-refractivity contribution in [1.29, 1.82) is 0 Å². The first-order valence-corrected chi connectivity index (χ1v) is 7.32. The van der Waals surface area contributed by atoms with Crippen molar-refractivity contribution in [2.45, 2.75) is 70.7 Å². The molecule has 19 heavy (non-hydrogen) atoms. The second-order valence-electron chi connectivity index (χ2n) is 5.07. The summed E-state index contributed by atoms with van der Waals surface area (Å²) in [5.41, 5.74) is 0. The van der Waals surface area contributed by atoms with E-state index < -0.39 is 5.79 Å². The summed E-state index contributed by atoms with van der Waals surface area (Å²) in [6, 6.07) is 0. The molecule has 0 saturated carbocycles. The minimum absolute atomic E-state index is 0.00648. The summed E-state index contributed by atoms with van der Waals surface area (Å²) in [5.74, 6) is -0.612. The molecule has 1 rings (SSSR count). The second kappa shape index (κ2) is 8.51. The van der Waals surface area contributed by atoms with Gasteiger partial charge >= 0.3 is 0 Å². The number of rotatable bonds is 8. The zero-order chi connectivity index (χ0) is 14.1. The Morgan fingerprint density at radius 2 is 2.21 bits per heavy atom. The van der Waals surface area contributed by atoms with Gasteiger partial charge in [0.05, 0.1) is 6.42 Å². The number of amides is 1. The van der Waals surface area contributed by atoms with Crippen molar-refractivity contribution < 1.29 is 19.3 Å². The molecule has 0 radical (unpaired) electrons. The molecule has 0 aliphatic carbocycles. The number of hydrogen-bond acceptors (Lipinski definition) is 4. The smallest absolute Gasteiger partial charge is 0.222 e. The predicted molar refractivity (Wildman–Crippen MR) is 72.4 cm³/mol. The molecular weight excluding hydrogens is 246 g/mol. The fourth-order valence-corrected chi connectivity index (χ4v) is 2.29. The Hall–Kier alpha value is -0.650. The number of unbranched alkanes of at least 4 members (excludes halogenated alkanes) is 2. The Kier molecular flexibility index (Phi) is 7.34. The first-order chi connectivity index (χ1) is 9.15. The third-order valence-electron chi connectivity index (χ3n) is 3.50. The number of carbonyl (C=O) groups is 1. The van der Waals surface area contributed by atoms with Crippen LogP contribution in [0.15, 0.2) is 0 Å². The first kappa shape index (κ1) is 16.4. The van der Waals surface area contributed by atoms with Crippen molar-refractivity contribution in [2.24, 2.45) is 0 Å². The van der Waals surface area contributed by atoms with Crippen LogP contribution in [0.2, 0.25) is 0 Å². The van der Waals surface area contributed by atoms with Gasteiger partial charge in [0.25, 0.3) is 0 Å². The molecule has 1 amide bonds. The molecule has 1 aliphatic rings. The predicted octanol–water partition coefficient (Wildman–Crippen LogP) is 2.55. The Labute approximate surface area is 115 Å². The van der Waals surface area contributed by atoms with Crippen molar-refractivity contribution in [3.63, 3.8) is 0 Å². The van der Waals surface area contributed by atoms with E-state index in [1.807, 2.05) is 6.92 Å². The summed E-state index contributed by atoms with van der Waals surface area (Å²) in [6.45, 7) is 4.71. The van der Waals surface area contributed by atoms with Crippen molar-refractivity contribution in [2.75, 3.05) is 13.7 Å². The highest BCUT2D eigenvalue weighted by molar-refractivity contribution is 5.76. The minimum Gasteiger partial charge on any atom is -0.356 e. The highest BCUT2D eigenvalue weighted by Gasteiger charge is 2.38. The topological polar surface area (TPSA) is 56.8 Å². The summed E-state index contributed by atoms with van der Waals surface area (Å²) in [4.78, 5) is 22.3. The van der Waals surface area contributed by atoms with Crippen molar-refractivity contribution >= 4 is 5.91 Å². The summed E-state index contributed by atoms with van der Waals surface area (Å²) >= 11 is 0. The molecule has 0 aromatic carbocycles. The molecule has 2 atom stereocenters. The quantitative estimate of drug-likeness (QED) is 0.545. The van der Waals surface area contributed by atoms with Crippen molar-refractivity contribution in [1.82, 2.24) is 5.32 Å². The van der Waals surface area contributed by atoms with Gasteiger partial charge in [-0.15, -0.1) is 0 Å². The fourth-order valence-electron chi connectivity index (χ4n) is 2.29. The molecule has 0 aromatic heterocycles. The third-order valence-corrected chi connectivity index (χ3v) is 3.50. The fraction of sp³-hybridized carbons (Fsp3) is 0.929. The van der Waals surface area contributed by atoms with Crippen LogP contribution in [-0.2, 0) is 19.3 Å². The summed E-state index contributed by atoms with van der Waals surface area (Å²) in [7, 11) is 1.65. The Balaban J connectivity index is 2.34. The SMILES string of the molecule is CCCCCC1(OC)CCC(CC(=O)NCC)OO1. The number of nitrogens with one attached hydrogen (secondary N) is 1. The van der Waals surface area contributed by atoms with Gasteiger partial charge in [-0.3, -0.25) is 4.79 Å². The van der Waals surface area contributed by atoms with Crippen LogP contribution >= 0.6 is 0 Å². The van der Waals surface area contributed by atoms with Gasteiger partial charge in [-0.05, 0) is 19.8 Å². The lowest BCUT2D eigenvalue weighted by molar-refractivity contribution is -0.465. The highest BCUT2D eigenvalue weighted by atomic mass is 17.2. The Morgan fingerprint density at radius 1 is 1.42 bits per heavy atom. The van der Waals surface area contributed by atoms with Gasteiger partial charge in [-0.2, -0.15) is 0 Å². The molecular formula is C14H27NO4. The van der Waals surface area contributed by atoms with E-state index in [2.05, 4.69) is 12.2 Å². The lowest BCUT2D eigenvalue weighted by Gasteiger charge is -2.37. The van der Waals surface area contributed by atoms with E-state index in [1.54, 1.807) is 7.11 Å². The molecule has 1 N–H and O–H groups in total. The van der Waals surface area contributed by atoms with E-state index in [4.69, 9.17) is 14.5 Å². The zero-order valence-electron chi connectivity index (χ0n) is 12.4. The van der Waals surface area contributed by atoms with Gasteiger partial charge in [0.1, 0.15) is 6.10 Å². The van der Waals surface area contributed by atoms with Crippen LogP contribution < -0.4 is 5.32 Å². The maximum Gasteiger partial charge on any atom is 0.222 e. The standard InChI is InChI=1S/C14H27NO4/c1-4-6-7-9-14(17-3)10-8-12(18-19-14)11-13(16)15-5-2/h12H,4-11H2,1-3H3,(H,15,16). The third kappa shape index (κ3) is 5.47. The molecule has 0 bridgehead atoms. The van der Waals surface area contributed by atoms with Gasteiger partial charge in [0.2, 0.25) is 11.7 Å². The monoisotopic (exact) mass is 273 g/mol. The number of hydrogen-bond donors (Lipinski definition) is 1. The molecule has 1 aliphatic heterocycles. The van der Waals surface area contributed by atoms with E-state index in [0.717, 1.165) is 32.1 Å². The van der Waals surface area contributed by atoms with Gasteiger partial charge in [0, 0.05) is 26.5 Å². The van der Waals surface area contributed by atoms with Crippen LogP contribution in [-0.4, -0.2) is 31.5 Å². The Morgan fingerprint density at radius 3 is 2.74 bits per heavy atom. The molecule has 5 nitrogen and oxygen atoms in total. The average molecular weight is 273 g/mol. The lowest BCUT2D eigenvalue weighted by Crippen LogP contribution is -2.43. The Bertz CT molecular complexity index is 262.